The molecule has 1 aliphatic rings. The van der Waals surface area contributed by atoms with Gasteiger partial charge in [0, 0.05) is 43.8 Å². The van der Waals surface area contributed by atoms with Gasteiger partial charge < -0.3 is 24.8 Å². The highest BCUT2D eigenvalue weighted by molar-refractivity contribution is 7.80. The Kier molecular flexibility index (Phi) is 10.8. The number of benzene rings is 1. The molecule has 1 aromatic carbocycles. The molecule has 0 radical (unpaired) electrons. The van der Waals surface area contributed by atoms with Gasteiger partial charge in [0.2, 0.25) is 0 Å². The molecule has 0 amide bonds. The molecule has 0 atom stereocenters. The average Bonchev–Trinajstić information content (AvgIpc) is 2.87. The van der Waals surface area contributed by atoms with Crippen LogP contribution >= 0.6 is 12.2 Å². The zero-order valence-electron chi connectivity index (χ0n) is 21.1. The van der Waals surface area contributed by atoms with Crippen LogP contribution in [0, 0.1) is 0 Å². The summed E-state index contributed by atoms with van der Waals surface area (Å²) >= 11 is 5.80. The maximum absolute atomic E-state index is 12.9. The molecule has 2 heterocycles. The second-order valence-corrected chi connectivity index (χ2v) is 9.27. The number of rotatable bonds is 12. The fraction of sp³-hybridized carbons (Fsp3) is 0.615. The largest absolute Gasteiger partial charge is 0.379 e. The highest BCUT2D eigenvalue weighted by atomic mass is 32.1. The normalized spacial score (nSPS) is 14.6. The molecule has 1 aliphatic heterocycles. The second-order valence-electron chi connectivity index (χ2n) is 8.89. The minimum atomic E-state index is -0.0419. The number of likely N-dealkylation sites (N-methyl/N-ethyl adjacent to an activating group) is 1. The van der Waals surface area contributed by atoms with Gasteiger partial charge in [-0.2, -0.15) is 0 Å². The number of pyridine rings is 1. The molecule has 0 spiro atoms. The van der Waals surface area contributed by atoms with Crippen LogP contribution in [-0.2, 0) is 17.7 Å². The molecule has 0 bridgehead atoms. The molecular formula is C26H41N5O2S. The van der Waals surface area contributed by atoms with Crippen molar-refractivity contribution in [2.45, 2.75) is 40.2 Å². The van der Waals surface area contributed by atoms with Gasteiger partial charge in [0.05, 0.1) is 19.8 Å². The third-order valence-electron chi connectivity index (χ3n) is 6.65. The molecule has 7 nitrogen and oxygen atoms in total. The third-order valence-corrected chi connectivity index (χ3v) is 7.06. The van der Waals surface area contributed by atoms with E-state index in [0.717, 1.165) is 100.0 Å². The van der Waals surface area contributed by atoms with Crippen molar-refractivity contribution in [2.75, 3.05) is 65.6 Å². The molecule has 1 fully saturated rings. The minimum absolute atomic E-state index is 0.0419. The second kappa shape index (κ2) is 13.8. The first-order chi connectivity index (χ1) is 16.5. The van der Waals surface area contributed by atoms with E-state index in [0.29, 0.717) is 6.54 Å². The van der Waals surface area contributed by atoms with E-state index in [9.17, 15) is 4.79 Å². The van der Waals surface area contributed by atoms with Crippen LogP contribution in [0.2, 0.25) is 0 Å². The number of nitrogens with one attached hydrogen (secondary N) is 2. The Morgan fingerprint density at radius 2 is 1.91 bits per heavy atom. The number of hydrogen-bond acceptors (Lipinski definition) is 5. The molecule has 1 saturated heterocycles. The van der Waals surface area contributed by atoms with Crippen molar-refractivity contribution < 1.29 is 4.74 Å². The maximum atomic E-state index is 12.9. The number of thiocarbonyl (C=S) groups is 1. The summed E-state index contributed by atoms with van der Waals surface area (Å²) in [7, 11) is 0. The summed E-state index contributed by atoms with van der Waals surface area (Å²) in [4.78, 5) is 22.9. The van der Waals surface area contributed by atoms with Gasteiger partial charge in [0.1, 0.15) is 0 Å². The number of hydrogen-bond donors (Lipinski definition) is 2. The number of aromatic amines is 1. The monoisotopic (exact) mass is 487 g/mol. The standard InChI is InChI=1S/C26H41N5O2S/c1-4-21-8-9-24-22(18-21)19-23(25(32)28-24)20-31(13-12-29(5-2)6-3)26(34)27-10-7-11-30-14-16-33-17-15-30/h8-9,18-19H,4-7,10-17,20H2,1-3H3,(H,27,34)(H,28,32). The molecule has 188 valence electrons. The van der Waals surface area contributed by atoms with Crippen molar-refractivity contribution in [3.8, 4) is 0 Å². The van der Waals surface area contributed by atoms with Crippen LogP contribution in [-0.4, -0.2) is 90.4 Å². The van der Waals surface area contributed by atoms with Gasteiger partial charge in [-0.1, -0.05) is 26.8 Å². The van der Waals surface area contributed by atoms with E-state index in [1.807, 2.05) is 12.1 Å². The van der Waals surface area contributed by atoms with E-state index < -0.39 is 0 Å². The lowest BCUT2D eigenvalue weighted by atomic mass is 10.1. The van der Waals surface area contributed by atoms with Gasteiger partial charge in [0.25, 0.3) is 5.56 Å². The van der Waals surface area contributed by atoms with Crippen molar-refractivity contribution in [3.05, 3.63) is 45.7 Å². The van der Waals surface area contributed by atoms with Gasteiger partial charge in [-0.15, -0.1) is 0 Å². The van der Waals surface area contributed by atoms with Crippen molar-refractivity contribution in [1.82, 2.24) is 25.0 Å². The van der Waals surface area contributed by atoms with Crippen molar-refractivity contribution >= 4 is 28.2 Å². The lowest BCUT2D eigenvalue weighted by Crippen LogP contribution is -2.45. The van der Waals surface area contributed by atoms with Crippen LogP contribution in [0.3, 0.4) is 0 Å². The highest BCUT2D eigenvalue weighted by Gasteiger charge is 2.15. The molecule has 0 unspecified atom stereocenters. The Morgan fingerprint density at radius 3 is 2.62 bits per heavy atom. The summed E-state index contributed by atoms with van der Waals surface area (Å²) in [5.74, 6) is 0. The summed E-state index contributed by atoms with van der Waals surface area (Å²) in [5.41, 5.74) is 2.85. The summed E-state index contributed by atoms with van der Waals surface area (Å²) < 4.78 is 5.43. The predicted octanol–water partition coefficient (Wildman–Crippen LogP) is 2.83. The molecule has 0 aliphatic carbocycles. The number of aryl methyl sites for hydroxylation is 1. The van der Waals surface area contributed by atoms with E-state index in [4.69, 9.17) is 17.0 Å². The highest BCUT2D eigenvalue weighted by Crippen LogP contribution is 2.15. The van der Waals surface area contributed by atoms with Gasteiger partial charge in [-0.05, 0) is 73.8 Å². The Labute approximate surface area is 209 Å². The number of morpholine rings is 1. The fourth-order valence-electron chi connectivity index (χ4n) is 4.33. The van der Waals surface area contributed by atoms with Crippen LogP contribution in [0.15, 0.2) is 29.1 Å². The Morgan fingerprint density at radius 1 is 1.15 bits per heavy atom. The molecule has 1 aromatic heterocycles. The Hall–Kier alpha value is -2.00. The number of H-pyrrole nitrogens is 1. The quantitative estimate of drug-likeness (QED) is 0.353. The van der Waals surface area contributed by atoms with Crippen LogP contribution in [0.1, 0.15) is 38.3 Å². The smallest absolute Gasteiger partial charge is 0.253 e. The number of nitrogens with zero attached hydrogens (tertiary/aromatic N) is 3. The van der Waals surface area contributed by atoms with E-state index >= 15 is 0 Å². The summed E-state index contributed by atoms with van der Waals surface area (Å²) in [6, 6.07) is 8.26. The van der Waals surface area contributed by atoms with E-state index in [2.05, 4.69) is 57.9 Å². The summed E-state index contributed by atoms with van der Waals surface area (Å²) in [6.07, 6.45) is 2.00. The third kappa shape index (κ3) is 7.77. The van der Waals surface area contributed by atoms with Crippen molar-refractivity contribution in [1.29, 1.82) is 0 Å². The predicted molar refractivity (Wildman–Crippen MR) is 145 cm³/mol. The molecule has 3 rings (SSSR count). The first-order valence-electron chi connectivity index (χ1n) is 12.7. The zero-order valence-corrected chi connectivity index (χ0v) is 21.9. The van der Waals surface area contributed by atoms with E-state index in [1.165, 1.54) is 5.56 Å². The molecule has 2 N–H and O–H groups in total. The number of ether oxygens (including phenoxy) is 1. The SMILES string of the molecule is CCc1ccc2[nH]c(=O)c(CN(CCN(CC)CC)C(=S)NCCCN3CCOCC3)cc2c1. The first-order valence-corrected chi connectivity index (χ1v) is 13.1. The number of fused-ring (bicyclic) bond motifs is 1. The molecule has 0 saturated carbocycles. The lowest BCUT2D eigenvalue weighted by Gasteiger charge is -2.29. The Balaban J connectivity index is 1.67. The number of aromatic nitrogens is 1. The minimum Gasteiger partial charge on any atom is -0.379 e. The zero-order chi connectivity index (χ0) is 24.3. The summed E-state index contributed by atoms with van der Waals surface area (Å²) in [5, 5.41) is 5.24. The first kappa shape index (κ1) is 26.6. The van der Waals surface area contributed by atoms with Crippen LogP contribution in [0.5, 0.6) is 0 Å². The molecule has 8 heteroatoms. The summed E-state index contributed by atoms with van der Waals surface area (Å²) in [6.45, 7) is 16.2. The topological polar surface area (TPSA) is 63.8 Å². The Bertz CT molecular complexity index is 969. The van der Waals surface area contributed by atoms with Gasteiger partial charge in [-0.25, -0.2) is 0 Å². The van der Waals surface area contributed by atoms with E-state index in [1.54, 1.807) is 0 Å². The molecule has 2 aromatic rings. The maximum Gasteiger partial charge on any atom is 0.253 e. The van der Waals surface area contributed by atoms with Crippen LogP contribution < -0.4 is 10.9 Å². The van der Waals surface area contributed by atoms with Gasteiger partial charge in [0.15, 0.2) is 5.11 Å². The van der Waals surface area contributed by atoms with Crippen LogP contribution in [0.4, 0.5) is 0 Å². The van der Waals surface area contributed by atoms with E-state index in [-0.39, 0.29) is 5.56 Å². The van der Waals surface area contributed by atoms with Gasteiger partial charge in [-0.3, -0.25) is 9.69 Å². The van der Waals surface area contributed by atoms with Crippen molar-refractivity contribution in [3.63, 3.8) is 0 Å². The average molecular weight is 488 g/mol. The molecule has 34 heavy (non-hydrogen) atoms. The molecular weight excluding hydrogens is 446 g/mol. The fourth-order valence-corrected chi connectivity index (χ4v) is 4.59. The lowest BCUT2D eigenvalue weighted by molar-refractivity contribution is 0.0376. The van der Waals surface area contributed by atoms with Gasteiger partial charge >= 0.3 is 0 Å². The van der Waals surface area contributed by atoms with Crippen LogP contribution in [0.25, 0.3) is 10.9 Å². The van der Waals surface area contributed by atoms with Crippen molar-refractivity contribution in [2.24, 2.45) is 0 Å².